The van der Waals surface area contributed by atoms with Crippen LogP contribution >= 0.6 is 0 Å². The van der Waals surface area contributed by atoms with Crippen molar-refractivity contribution in [2.75, 3.05) is 38.3 Å². The van der Waals surface area contributed by atoms with Crippen molar-refractivity contribution in [3.8, 4) is 17.2 Å². The lowest BCUT2D eigenvalue weighted by Gasteiger charge is -2.35. The van der Waals surface area contributed by atoms with Crippen LogP contribution in [0, 0.1) is 5.82 Å². The summed E-state index contributed by atoms with van der Waals surface area (Å²) in [5.74, 6) is 1.53. The van der Waals surface area contributed by atoms with E-state index in [9.17, 15) is 5.11 Å². The minimum atomic E-state index is -0.304. The number of benzene rings is 3. The zero-order valence-corrected chi connectivity index (χ0v) is 25.6. The van der Waals surface area contributed by atoms with Gasteiger partial charge in [-0.1, -0.05) is 37.5 Å². The Hall–Kier alpha value is -3.25. The van der Waals surface area contributed by atoms with E-state index in [2.05, 4.69) is 41.8 Å². The molecule has 1 N–H and O–H groups in total. The number of phenolic OH excluding ortho intramolecular Hbond substituents is 1. The summed E-state index contributed by atoms with van der Waals surface area (Å²) in [6, 6.07) is 17.7. The van der Waals surface area contributed by atoms with Crippen LogP contribution in [-0.2, 0) is 19.4 Å². The standard InChI is InChI=1S/C36H47FN2O3/c1-26(2)39(25-27-9-16-36(34(37)21-27)42-20-19-38-17-7-5-4-6-8-18-38)35-24-32(41-3)14-15-33(35)30-11-10-29-23-31(40)13-12-28(29)22-30/h9,12-16,21,23-24,26,30,40H,4-8,10-11,17-20,22,25H2,1-3H3. The Bertz CT molecular complexity index is 1320. The third kappa shape index (κ3) is 7.57. The van der Waals surface area contributed by atoms with E-state index in [1.165, 1.54) is 48.8 Å². The first-order valence-corrected chi connectivity index (χ1v) is 15.8. The first kappa shape index (κ1) is 30.2. The quantitative estimate of drug-likeness (QED) is 0.267. The number of anilines is 1. The molecular weight excluding hydrogens is 527 g/mol. The van der Waals surface area contributed by atoms with Crippen molar-refractivity contribution in [3.05, 3.63) is 82.7 Å². The van der Waals surface area contributed by atoms with Gasteiger partial charge >= 0.3 is 0 Å². The molecule has 226 valence electrons. The van der Waals surface area contributed by atoms with Crippen molar-refractivity contribution in [2.24, 2.45) is 0 Å². The molecule has 5 nitrogen and oxygen atoms in total. The zero-order chi connectivity index (χ0) is 29.5. The summed E-state index contributed by atoms with van der Waals surface area (Å²) in [5, 5.41) is 9.94. The van der Waals surface area contributed by atoms with Gasteiger partial charge in [0.2, 0.25) is 0 Å². The smallest absolute Gasteiger partial charge is 0.165 e. The fourth-order valence-corrected chi connectivity index (χ4v) is 6.57. The molecule has 42 heavy (non-hydrogen) atoms. The summed E-state index contributed by atoms with van der Waals surface area (Å²) in [7, 11) is 1.70. The van der Waals surface area contributed by atoms with Crippen LogP contribution in [-0.4, -0.2) is 49.4 Å². The molecule has 0 aromatic heterocycles. The summed E-state index contributed by atoms with van der Waals surface area (Å²) in [5.41, 5.74) is 5.86. The van der Waals surface area contributed by atoms with Gasteiger partial charge in [-0.2, -0.15) is 0 Å². The number of aromatic hydroxyl groups is 1. The van der Waals surface area contributed by atoms with Gasteiger partial charge in [0, 0.05) is 30.9 Å². The molecule has 0 amide bonds. The Kier molecular flexibility index (Phi) is 10.3. The average molecular weight is 575 g/mol. The Labute approximate surface area is 251 Å². The molecule has 6 heteroatoms. The second-order valence-electron chi connectivity index (χ2n) is 12.3. The highest BCUT2D eigenvalue weighted by Gasteiger charge is 2.26. The highest BCUT2D eigenvalue weighted by Crippen LogP contribution is 2.40. The summed E-state index contributed by atoms with van der Waals surface area (Å²) in [4.78, 5) is 4.80. The van der Waals surface area contributed by atoms with Gasteiger partial charge in [-0.25, -0.2) is 4.39 Å². The van der Waals surface area contributed by atoms with Gasteiger partial charge in [-0.3, -0.25) is 4.90 Å². The van der Waals surface area contributed by atoms with Gasteiger partial charge in [0.1, 0.15) is 18.1 Å². The van der Waals surface area contributed by atoms with E-state index in [1.54, 1.807) is 25.3 Å². The normalized spacial score (nSPS) is 17.8. The van der Waals surface area contributed by atoms with E-state index in [4.69, 9.17) is 9.47 Å². The third-order valence-electron chi connectivity index (χ3n) is 8.99. The molecule has 3 aromatic carbocycles. The number of methoxy groups -OCH3 is 1. The molecule has 0 saturated carbocycles. The van der Waals surface area contributed by atoms with Crippen molar-refractivity contribution in [2.45, 2.75) is 83.7 Å². The molecule has 1 aliphatic heterocycles. The molecule has 1 aliphatic carbocycles. The Morgan fingerprint density at radius 2 is 1.74 bits per heavy atom. The highest BCUT2D eigenvalue weighted by atomic mass is 19.1. The van der Waals surface area contributed by atoms with E-state index in [0.717, 1.165) is 55.9 Å². The van der Waals surface area contributed by atoms with Crippen LogP contribution in [0.25, 0.3) is 0 Å². The molecule has 1 atom stereocenters. The fraction of sp³-hybridized carbons (Fsp3) is 0.500. The van der Waals surface area contributed by atoms with Crippen LogP contribution in [0.1, 0.15) is 80.5 Å². The SMILES string of the molecule is COc1ccc(C2CCc3cc(O)ccc3C2)c(N(Cc2ccc(OCCN3CCCCCCC3)c(F)c2)C(C)C)c1. The van der Waals surface area contributed by atoms with Crippen molar-refractivity contribution < 1.29 is 19.0 Å². The lowest BCUT2D eigenvalue weighted by atomic mass is 9.79. The Morgan fingerprint density at radius 3 is 2.48 bits per heavy atom. The number of nitrogens with zero attached hydrogens (tertiary/aromatic N) is 2. The van der Waals surface area contributed by atoms with E-state index in [-0.39, 0.29) is 11.9 Å². The summed E-state index contributed by atoms with van der Waals surface area (Å²) < 4.78 is 26.8. The maximum Gasteiger partial charge on any atom is 0.165 e. The van der Waals surface area contributed by atoms with Crippen molar-refractivity contribution >= 4 is 5.69 Å². The van der Waals surface area contributed by atoms with Crippen LogP contribution in [0.4, 0.5) is 10.1 Å². The Balaban J connectivity index is 1.30. The van der Waals surface area contributed by atoms with Crippen LogP contribution in [0.2, 0.25) is 0 Å². The molecule has 1 heterocycles. The molecule has 1 unspecified atom stereocenters. The number of hydrogen-bond donors (Lipinski definition) is 1. The summed E-state index contributed by atoms with van der Waals surface area (Å²) in [6.07, 6.45) is 9.31. The number of halogens is 1. The number of rotatable bonds is 10. The first-order valence-electron chi connectivity index (χ1n) is 15.8. The van der Waals surface area contributed by atoms with Crippen LogP contribution in [0.15, 0.2) is 54.6 Å². The van der Waals surface area contributed by atoms with Crippen LogP contribution in [0.3, 0.4) is 0 Å². The van der Waals surface area contributed by atoms with Crippen molar-refractivity contribution in [1.82, 2.24) is 4.90 Å². The van der Waals surface area contributed by atoms with Crippen molar-refractivity contribution in [1.29, 1.82) is 0 Å². The topological polar surface area (TPSA) is 45.2 Å². The van der Waals surface area contributed by atoms with Gasteiger partial charge in [0.05, 0.1) is 7.11 Å². The second kappa shape index (κ2) is 14.3. The summed E-state index contributed by atoms with van der Waals surface area (Å²) >= 11 is 0. The summed E-state index contributed by atoms with van der Waals surface area (Å²) in [6.45, 7) is 8.51. The maximum atomic E-state index is 15.3. The zero-order valence-electron chi connectivity index (χ0n) is 25.6. The van der Waals surface area contributed by atoms with E-state index in [0.29, 0.717) is 30.6 Å². The van der Waals surface area contributed by atoms with Gasteiger partial charge < -0.3 is 19.5 Å². The lowest BCUT2D eigenvalue weighted by Crippen LogP contribution is -2.32. The average Bonchev–Trinajstić information content (AvgIpc) is 2.97. The largest absolute Gasteiger partial charge is 0.508 e. The predicted molar refractivity (Wildman–Crippen MR) is 169 cm³/mol. The molecule has 0 bridgehead atoms. The maximum absolute atomic E-state index is 15.3. The third-order valence-corrected chi connectivity index (χ3v) is 8.99. The molecule has 0 spiro atoms. The highest BCUT2D eigenvalue weighted by molar-refractivity contribution is 5.60. The van der Waals surface area contributed by atoms with Crippen LogP contribution < -0.4 is 14.4 Å². The number of likely N-dealkylation sites (tertiary alicyclic amines) is 1. The number of aryl methyl sites for hydroxylation is 1. The Morgan fingerprint density at radius 1 is 0.952 bits per heavy atom. The minimum absolute atomic E-state index is 0.195. The van der Waals surface area contributed by atoms with Crippen molar-refractivity contribution in [3.63, 3.8) is 0 Å². The minimum Gasteiger partial charge on any atom is -0.508 e. The molecule has 1 fully saturated rings. The number of fused-ring (bicyclic) bond motifs is 1. The predicted octanol–water partition coefficient (Wildman–Crippen LogP) is 7.87. The lowest BCUT2D eigenvalue weighted by molar-refractivity contribution is 0.192. The van der Waals surface area contributed by atoms with Gasteiger partial charge in [0.15, 0.2) is 11.6 Å². The number of hydrogen-bond acceptors (Lipinski definition) is 5. The molecule has 2 aliphatic rings. The first-order chi connectivity index (χ1) is 20.4. The molecule has 1 saturated heterocycles. The molecular formula is C36H47FN2O3. The van der Waals surface area contributed by atoms with E-state index < -0.39 is 0 Å². The van der Waals surface area contributed by atoms with E-state index >= 15 is 4.39 Å². The van der Waals surface area contributed by atoms with E-state index in [1.807, 2.05) is 18.2 Å². The fourth-order valence-electron chi connectivity index (χ4n) is 6.57. The molecule has 0 radical (unpaired) electrons. The second-order valence-corrected chi connectivity index (χ2v) is 12.3. The molecule has 3 aromatic rings. The molecule has 5 rings (SSSR count). The van der Waals surface area contributed by atoms with Gasteiger partial charge in [-0.05, 0) is 118 Å². The monoisotopic (exact) mass is 574 g/mol. The van der Waals surface area contributed by atoms with Gasteiger partial charge in [-0.15, -0.1) is 0 Å². The number of phenols is 1. The van der Waals surface area contributed by atoms with Crippen LogP contribution in [0.5, 0.6) is 17.2 Å². The van der Waals surface area contributed by atoms with Gasteiger partial charge in [0.25, 0.3) is 0 Å². The number of ether oxygens (including phenoxy) is 2.